The number of terminal acetylenes is 1. The van der Waals surface area contributed by atoms with Crippen LogP contribution < -0.4 is 5.73 Å². The van der Waals surface area contributed by atoms with E-state index in [1.165, 1.54) is 0 Å². The van der Waals surface area contributed by atoms with Crippen molar-refractivity contribution in [2.24, 2.45) is 5.73 Å². The van der Waals surface area contributed by atoms with Gasteiger partial charge in [-0.2, -0.15) is 0 Å². The van der Waals surface area contributed by atoms with Gasteiger partial charge in [-0.05, 0) is 25.7 Å². The van der Waals surface area contributed by atoms with Gasteiger partial charge in [0.25, 0.3) is 0 Å². The van der Waals surface area contributed by atoms with Crippen molar-refractivity contribution in [1.29, 1.82) is 0 Å². The molecule has 2 N–H and O–H groups in total. The van der Waals surface area contributed by atoms with E-state index in [1.807, 2.05) is 0 Å². The molecule has 0 aromatic rings. The molecule has 2 saturated heterocycles. The zero-order chi connectivity index (χ0) is 10.8. The normalized spacial score (nSPS) is 33.9. The van der Waals surface area contributed by atoms with Gasteiger partial charge in [-0.3, -0.25) is 4.79 Å². The summed E-state index contributed by atoms with van der Waals surface area (Å²) in [5, 5.41) is 0. The summed E-state index contributed by atoms with van der Waals surface area (Å²) in [6, 6.07) is 1.08. The Labute approximate surface area is 91.0 Å². The van der Waals surface area contributed by atoms with Gasteiger partial charge in [0.1, 0.15) is 0 Å². The topological polar surface area (TPSA) is 46.3 Å². The minimum absolute atomic E-state index is 0.229. The van der Waals surface area contributed by atoms with Crippen LogP contribution in [0.15, 0.2) is 0 Å². The van der Waals surface area contributed by atoms with E-state index in [2.05, 4.69) is 10.8 Å². The molecule has 1 amide bonds. The highest BCUT2D eigenvalue weighted by Gasteiger charge is 2.41. The molecule has 2 unspecified atom stereocenters. The molecule has 15 heavy (non-hydrogen) atoms. The lowest BCUT2D eigenvalue weighted by Gasteiger charge is -2.37. The van der Waals surface area contributed by atoms with Crippen LogP contribution in [0, 0.1) is 12.3 Å². The molecule has 2 aliphatic rings. The van der Waals surface area contributed by atoms with Crippen molar-refractivity contribution in [2.75, 3.05) is 0 Å². The molecule has 3 heteroatoms. The SMILES string of the molecule is C#CCCC(=O)N1C2CCC1CC(N)C2. The maximum atomic E-state index is 11.9. The Bertz CT molecular complexity index is 280. The van der Waals surface area contributed by atoms with Gasteiger partial charge in [0.2, 0.25) is 5.91 Å². The van der Waals surface area contributed by atoms with E-state index in [0.717, 1.165) is 25.7 Å². The Balaban J connectivity index is 1.99. The second-order valence-corrected chi connectivity index (χ2v) is 4.62. The zero-order valence-corrected chi connectivity index (χ0v) is 8.98. The quantitative estimate of drug-likeness (QED) is 0.682. The fourth-order valence-corrected chi connectivity index (χ4v) is 2.93. The van der Waals surface area contributed by atoms with Gasteiger partial charge >= 0.3 is 0 Å². The molecule has 2 bridgehead atoms. The van der Waals surface area contributed by atoms with Crippen molar-refractivity contribution in [3.63, 3.8) is 0 Å². The van der Waals surface area contributed by atoms with Crippen LogP contribution in [0.1, 0.15) is 38.5 Å². The number of piperidine rings is 1. The molecule has 2 aliphatic heterocycles. The highest BCUT2D eigenvalue weighted by molar-refractivity contribution is 5.77. The summed E-state index contributed by atoms with van der Waals surface area (Å²) in [5.41, 5.74) is 5.95. The monoisotopic (exact) mass is 206 g/mol. The molecule has 2 heterocycles. The molecule has 0 aliphatic carbocycles. The van der Waals surface area contributed by atoms with E-state index in [0.29, 0.717) is 31.0 Å². The molecule has 0 saturated carbocycles. The second kappa shape index (κ2) is 4.24. The van der Waals surface area contributed by atoms with Crippen molar-refractivity contribution < 1.29 is 4.79 Å². The van der Waals surface area contributed by atoms with Crippen molar-refractivity contribution in [3.05, 3.63) is 0 Å². The summed E-state index contributed by atoms with van der Waals surface area (Å²) in [4.78, 5) is 14.0. The highest BCUT2D eigenvalue weighted by Crippen LogP contribution is 2.35. The summed E-state index contributed by atoms with van der Waals surface area (Å²) in [7, 11) is 0. The number of nitrogens with two attached hydrogens (primary N) is 1. The van der Waals surface area contributed by atoms with Gasteiger partial charge in [0.05, 0.1) is 0 Å². The number of amides is 1. The van der Waals surface area contributed by atoms with E-state index in [4.69, 9.17) is 12.2 Å². The minimum atomic E-state index is 0.229. The predicted octanol–water partition coefficient (Wildman–Crippen LogP) is 0.881. The molecule has 0 aromatic carbocycles. The number of carbonyl (C=O) groups excluding carboxylic acids is 1. The van der Waals surface area contributed by atoms with Gasteiger partial charge < -0.3 is 10.6 Å². The molecule has 0 radical (unpaired) electrons. The Morgan fingerprint density at radius 2 is 2.00 bits per heavy atom. The van der Waals surface area contributed by atoms with Crippen LogP contribution in [0.3, 0.4) is 0 Å². The summed E-state index contributed by atoms with van der Waals surface area (Å²) >= 11 is 0. The van der Waals surface area contributed by atoms with E-state index < -0.39 is 0 Å². The van der Waals surface area contributed by atoms with Crippen LogP contribution in [-0.4, -0.2) is 28.9 Å². The largest absolute Gasteiger partial charge is 0.337 e. The lowest BCUT2D eigenvalue weighted by atomic mass is 9.97. The van der Waals surface area contributed by atoms with E-state index in [9.17, 15) is 4.79 Å². The number of rotatable bonds is 2. The Kier molecular flexibility index (Phi) is 2.97. The van der Waals surface area contributed by atoms with Crippen LogP contribution in [0.5, 0.6) is 0 Å². The summed E-state index contributed by atoms with van der Waals surface area (Å²) in [6.45, 7) is 0. The Hall–Kier alpha value is -1.01. The third-order valence-electron chi connectivity index (χ3n) is 3.54. The van der Waals surface area contributed by atoms with Crippen molar-refractivity contribution in [1.82, 2.24) is 4.90 Å². The average molecular weight is 206 g/mol. The third kappa shape index (κ3) is 2.00. The zero-order valence-electron chi connectivity index (χ0n) is 8.98. The molecule has 82 valence electrons. The lowest BCUT2D eigenvalue weighted by molar-refractivity contribution is -0.135. The molecule has 2 fully saturated rings. The standard InChI is InChI=1S/C12H18N2O/c1-2-3-4-12(15)14-10-5-6-11(14)8-9(13)7-10/h1,9-11H,3-8,13H2. The average Bonchev–Trinajstić information content (AvgIpc) is 2.48. The predicted molar refractivity (Wildman–Crippen MR) is 58.9 cm³/mol. The second-order valence-electron chi connectivity index (χ2n) is 4.62. The third-order valence-corrected chi connectivity index (χ3v) is 3.54. The van der Waals surface area contributed by atoms with Gasteiger partial charge in [0, 0.05) is 31.0 Å². The number of carbonyl (C=O) groups is 1. The van der Waals surface area contributed by atoms with Crippen molar-refractivity contribution in [3.8, 4) is 12.3 Å². The van der Waals surface area contributed by atoms with Crippen LogP contribution >= 0.6 is 0 Å². The summed E-state index contributed by atoms with van der Waals surface area (Å²) in [6.07, 6.45) is 10.4. The van der Waals surface area contributed by atoms with Crippen LogP contribution in [0.4, 0.5) is 0 Å². The summed E-state index contributed by atoms with van der Waals surface area (Å²) < 4.78 is 0. The number of nitrogens with zero attached hydrogens (tertiary/aromatic N) is 1. The molecule has 0 spiro atoms. The summed E-state index contributed by atoms with van der Waals surface area (Å²) in [5.74, 6) is 2.75. The van der Waals surface area contributed by atoms with E-state index >= 15 is 0 Å². The molecule has 0 aromatic heterocycles. The van der Waals surface area contributed by atoms with Gasteiger partial charge in [0.15, 0.2) is 0 Å². The number of fused-ring (bicyclic) bond motifs is 2. The number of hydrogen-bond acceptors (Lipinski definition) is 2. The first-order valence-electron chi connectivity index (χ1n) is 5.72. The smallest absolute Gasteiger partial charge is 0.224 e. The van der Waals surface area contributed by atoms with Gasteiger partial charge in [-0.25, -0.2) is 0 Å². The Morgan fingerprint density at radius 3 is 2.53 bits per heavy atom. The van der Waals surface area contributed by atoms with Crippen molar-refractivity contribution in [2.45, 2.75) is 56.7 Å². The van der Waals surface area contributed by atoms with Crippen molar-refractivity contribution >= 4 is 5.91 Å². The maximum Gasteiger partial charge on any atom is 0.224 e. The molecular weight excluding hydrogens is 188 g/mol. The van der Waals surface area contributed by atoms with Gasteiger partial charge in [-0.15, -0.1) is 12.3 Å². The minimum Gasteiger partial charge on any atom is -0.337 e. The highest BCUT2D eigenvalue weighted by atomic mass is 16.2. The van der Waals surface area contributed by atoms with Crippen LogP contribution in [0.25, 0.3) is 0 Å². The fraction of sp³-hybridized carbons (Fsp3) is 0.750. The van der Waals surface area contributed by atoms with Crippen LogP contribution in [0.2, 0.25) is 0 Å². The number of hydrogen-bond donors (Lipinski definition) is 1. The molecule has 3 nitrogen and oxygen atoms in total. The van der Waals surface area contributed by atoms with E-state index in [1.54, 1.807) is 0 Å². The first-order valence-corrected chi connectivity index (χ1v) is 5.72. The molecule has 2 rings (SSSR count). The molecule has 2 atom stereocenters. The Morgan fingerprint density at radius 1 is 1.40 bits per heavy atom. The molecular formula is C12H18N2O. The van der Waals surface area contributed by atoms with Gasteiger partial charge in [-0.1, -0.05) is 0 Å². The first kappa shape index (κ1) is 10.5. The maximum absolute atomic E-state index is 11.9. The first-order chi connectivity index (χ1) is 7.22. The van der Waals surface area contributed by atoms with Crippen LogP contribution in [-0.2, 0) is 4.79 Å². The van der Waals surface area contributed by atoms with E-state index in [-0.39, 0.29) is 5.91 Å². The fourth-order valence-electron chi connectivity index (χ4n) is 2.93. The lowest BCUT2D eigenvalue weighted by Crippen LogP contribution is -2.50.